The van der Waals surface area contributed by atoms with Crippen molar-refractivity contribution in [2.45, 2.75) is 99.7 Å². The highest BCUT2D eigenvalue weighted by Gasteiger charge is 2.61. The first-order valence-corrected chi connectivity index (χ1v) is 23.9. The van der Waals surface area contributed by atoms with Crippen LogP contribution in [0.25, 0.3) is 0 Å². The van der Waals surface area contributed by atoms with Gasteiger partial charge < -0.3 is 57.3 Å². The second-order valence-electron chi connectivity index (χ2n) is 10.7. The molecule has 240 valence electrons. The predicted molar refractivity (Wildman–Crippen MR) is 159 cm³/mol. The highest BCUT2D eigenvalue weighted by Crippen LogP contribution is 2.45. The second kappa shape index (κ2) is 21.1. The highest BCUT2D eigenvalue weighted by molar-refractivity contribution is 6.95. The number of aliphatic hydroxyl groups excluding tert-OH is 8. The third-order valence-corrected chi connectivity index (χ3v) is 28.0. The third-order valence-electron chi connectivity index (χ3n) is 7.21. The van der Waals surface area contributed by atoms with Crippen molar-refractivity contribution in [3.63, 3.8) is 0 Å². The SMILES string of the molecule is OCCC[Si]1(CCCO)O[Si](CCCO)(CCCO)O[Si](CCCO)(CCCO)O[Si](CCCO)(CCCO)O1. The molecule has 16 heteroatoms. The molecule has 0 bridgehead atoms. The maximum Gasteiger partial charge on any atom is 0.320 e. The van der Waals surface area contributed by atoms with Gasteiger partial charge in [-0.05, 0) is 99.7 Å². The van der Waals surface area contributed by atoms with Crippen LogP contribution in [0.3, 0.4) is 0 Å². The summed E-state index contributed by atoms with van der Waals surface area (Å²) in [7, 11) is -13.0. The van der Waals surface area contributed by atoms with Gasteiger partial charge in [0.1, 0.15) is 0 Å². The standard InChI is InChI=1S/C24H56O12Si4/c25-9-1-17-37(18-2-10-26)33-38(19-3-11-27,20-4-12-28)35-40(23-7-15-31,24-8-16-32)36-39(34-37,21-5-13-29)22-6-14-30/h25-32H,1-24H2. The molecule has 0 aromatic rings. The molecule has 1 aliphatic heterocycles. The maximum atomic E-state index is 9.82. The van der Waals surface area contributed by atoms with E-state index in [0.29, 0.717) is 99.7 Å². The molecule has 40 heavy (non-hydrogen) atoms. The van der Waals surface area contributed by atoms with Crippen molar-refractivity contribution in [1.82, 2.24) is 0 Å². The molecule has 0 unspecified atom stereocenters. The summed E-state index contributed by atoms with van der Waals surface area (Å²) in [6.07, 6.45) is 3.37. The van der Waals surface area contributed by atoms with Gasteiger partial charge >= 0.3 is 34.2 Å². The molecule has 12 nitrogen and oxygen atoms in total. The minimum atomic E-state index is -3.25. The van der Waals surface area contributed by atoms with E-state index >= 15 is 0 Å². The largest absolute Gasteiger partial charge is 0.415 e. The molecule has 8 N–H and O–H groups in total. The van der Waals surface area contributed by atoms with Crippen molar-refractivity contribution in [3.05, 3.63) is 0 Å². The molecule has 1 heterocycles. The molecule has 0 atom stereocenters. The number of hydrogen-bond donors (Lipinski definition) is 8. The van der Waals surface area contributed by atoms with Gasteiger partial charge in [-0.3, -0.25) is 0 Å². The van der Waals surface area contributed by atoms with Crippen LogP contribution in [0.4, 0.5) is 0 Å². The first-order valence-electron chi connectivity index (χ1n) is 15.0. The Labute approximate surface area is 243 Å². The van der Waals surface area contributed by atoms with E-state index in [2.05, 4.69) is 0 Å². The van der Waals surface area contributed by atoms with E-state index in [4.69, 9.17) is 16.5 Å². The van der Waals surface area contributed by atoms with Crippen molar-refractivity contribution < 1.29 is 57.3 Å². The van der Waals surface area contributed by atoms with E-state index < -0.39 is 34.2 Å². The van der Waals surface area contributed by atoms with Crippen LogP contribution in [0.15, 0.2) is 0 Å². The fourth-order valence-electron chi connectivity index (χ4n) is 5.54. The van der Waals surface area contributed by atoms with E-state index in [1.54, 1.807) is 0 Å². The zero-order chi connectivity index (χ0) is 29.8. The number of aliphatic hydroxyl groups is 8. The Hall–Kier alpha value is 0.388. The van der Waals surface area contributed by atoms with Crippen molar-refractivity contribution in [2.24, 2.45) is 0 Å². The van der Waals surface area contributed by atoms with Gasteiger partial charge in [-0.25, -0.2) is 0 Å². The van der Waals surface area contributed by atoms with Crippen LogP contribution in [0.1, 0.15) is 51.4 Å². The summed E-state index contributed by atoms with van der Waals surface area (Å²) < 4.78 is 28.9. The molecule has 1 aliphatic rings. The van der Waals surface area contributed by atoms with Crippen molar-refractivity contribution in [3.8, 4) is 0 Å². The lowest BCUT2D eigenvalue weighted by molar-refractivity contribution is 0.184. The molecule has 1 fully saturated rings. The maximum absolute atomic E-state index is 9.82. The lowest BCUT2D eigenvalue weighted by atomic mass is 10.5. The second-order valence-corrected chi connectivity index (χ2v) is 25.2. The zero-order valence-electron chi connectivity index (χ0n) is 24.2. The Morgan fingerprint density at radius 3 is 0.475 bits per heavy atom. The van der Waals surface area contributed by atoms with Gasteiger partial charge in [0.05, 0.1) is 0 Å². The molecule has 1 saturated heterocycles. The molecular weight excluding hydrogens is 593 g/mol. The number of hydrogen-bond acceptors (Lipinski definition) is 12. The molecule has 1 rings (SSSR count). The lowest BCUT2D eigenvalue weighted by Gasteiger charge is -2.54. The fourth-order valence-corrected chi connectivity index (χ4v) is 31.7. The number of rotatable bonds is 24. The average molecular weight is 649 g/mol. The van der Waals surface area contributed by atoms with E-state index in [-0.39, 0.29) is 52.9 Å². The van der Waals surface area contributed by atoms with E-state index in [1.165, 1.54) is 0 Å². The summed E-state index contributed by atoms with van der Waals surface area (Å²) in [6.45, 7) is -0.574. The monoisotopic (exact) mass is 648 g/mol. The first kappa shape index (κ1) is 38.4. The minimum absolute atomic E-state index is 0.0718. The molecule has 0 amide bonds. The molecule has 0 radical (unpaired) electrons. The lowest BCUT2D eigenvalue weighted by Crippen LogP contribution is -2.70. The Bertz CT molecular complexity index is 485. The van der Waals surface area contributed by atoms with Crippen molar-refractivity contribution in [1.29, 1.82) is 0 Å². The molecule has 0 aromatic carbocycles. The Morgan fingerprint density at radius 1 is 0.250 bits per heavy atom. The van der Waals surface area contributed by atoms with Crippen molar-refractivity contribution in [2.75, 3.05) is 52.9 Å². The van der Waals surface area contributed by atoms with E-state index in [9.17, 15) is 40.9 Å². The Kier molecular flexibility index (Phi) is 20.3. The summed E-state index contributed by atoms with van der Waals surface area (Å²) in [5.41, 5.74) is 0. The zero-order valence-corrected chi connectivity index (χ0v) is 28.2. The normalized spacial score (nSPS) is 19.8. The molecule has 0 aliphatic carbocycles. The van der Waals surface area contributed by atoms with Gasteiger partial charge in [-0.1, -0.05) is 0 Å². The summed E-state index contributed by atoms with van der Waals surface area (Å²) in [5, 5.41) is 78.5. The van der Waals surface area contributed by atoms with Crippen LogP contribution in [0.2, 0.25) is 48.4 Å². The van der Waals surface area contributed by atoms with E-state index in [1.807, 2.05) is 0 Å². The summed E-state index contributed by atoms with van der Waals surface area (Å²) in [5.74, 6) is 0. The summed E-state index contributed by atoms with van der Waals surface area (Å²) in [6, 6.07) is 3.54. The first-order chi connectivity index (χ1) is 19.3. The topological polar surface area (TPSA) is 199 Å². The van der Waals surface area contributed by atoms with Crippen LogP contribution in [-0.4, -0.2) is 128 Å². The van der Waals surface area contributed by atoms with Gasteiger partial charge in [0.25, 0.3) is 0 Å². The summed E-state index contributed by atoms with van der Waals surface area (Å²) >= 11 is 0. The smallest absolute Gasteiger partial charge is 0.320 e. The van der Waals surface area contributed by atoms with Gasteiger partial charge in [0.15, 0.2) is 0 Å². The van der Waals surface area contributed by atoms with Crippen LogP contribution < -0.4 is 0 Å². The fraction of sp³-hybridized carbons (Fsp3) is 1.00. The molecule has 0 aromatic heterocycles. The quantitative estimate of drug-likeness (QED) is 0.0689. The van der Waals surface area contributed by atoms with Gasteiger partial charge in [-0.2, -0.15) is 0 Å². The van der Waals surface area contributed by atoms with Crippen LogP contribution in [0.5, 0.6) is 0 Å². The van der Waals surface area contributed by atoms with Crippen molar-refractivity contribution >= 4 is 34.2 Å². The molecular formula is C24H56O12Si4. The van der Waals surface area contributed by atoms with Crippen LogP contribution >= 0.6 is 0 Å². The predicted octanol–water partition coefficient (Wildman–Crippen LogP) is 0.894. The Balaban J connectivity index is 3.91. The Morgan fingerprint density at radius 2 is 0.375 bits per heavy atom. The van der Waals surface area contributed by atoms with Gasteiger partial charge in [0.2, 0.25) is 0 Å². The summed E-state index contributed by atoms with van der Waals surface area (Å²) in [4.78, 5) is 0. The molecule has 0 saturated carbocycles. The van der Waals surface area contributed by atoms with Gasteiger partial charge in [0, 0.05) is 52.9 Å². The van der Waals surface area contributed by atoms with Gasteiger partial charge in [-0.15, -0.1) is 0 Å². The van der Waals surface area contributed by atoms with E-state index in [0.717, 1.165) is 0 Å². The minimum Gasteiger partial charge on any atom is -0.415 e. The van der Waals surface area contributed by atoms with Crippen LogP contribution in [0, 0.1) is 0 Å². The average Bonchev–Trinajstić information content (AvgIpc) is 2.96. The van der Waals surface area contributed by atoms with Crippen LogP contribution in [-0.2, 0) is 16.5 Å². The third kappa shape index (κ3) is 12.9. The molecule has 0 spiro atoms. The highest BCUT2D eigenvalue weighted by atomic mass is 28.5.